The van der Waals surface area contributed by atoms with Crippen molar-refractivity contribution in [2.45, 2.75) is 11.9 Å². The number of thioether (sulfide) groups is 1. The molecule has 16 heavy (non-hydrogen) atoms. The van der Waals surface area contributed by atoms with Crippen LogP contribution in [0.5, 0.6) is 0 Å². The zero-order valence-electron chi connectivity index (χ0n) is 8.80. The van der Waals surface area contributed by atoms with E-state index in [1.165, 1.54) is 0 Å². The Kier molecular flexibility index (Phi) is 3.10. The summed E-state index contributed by atoms with van der Waals surface area (Å²) in [4.78, 5) is 15.5. The highest BCUT2D eigenvalue weighted by Crippen LogP contribution is 2.23. The molecule has 0 amide bonds. The summed E-state index contributed by atoms with van der Waals surface area (Å²) in [5.41, 5.74) is 1.06. The number of aromatic carboxylic acids is 1. The van der Waals surface area contributed by atoms with Gasteiger partial charge >= 0.3 is 5.97 Å². The number of fused-ring (bicyclic) bond motifs is 1. The van der Waals surface area contributed by atoms with Gasteiger partial charge in [0.05, 0.1) is 16.1 Å². The predicted octanol–water partition coefficient (Wildman–Crippen LogP) is 3.05. The number of para-hydroxylation sites is 1. The molecule has 1 aromatic heterocycles. The standard InChI is InChI=1S/C12H11NO2S/c1-2-16-11-7-9(12(14)15)8-5-3-4-6-10(8)13-11/h3-7H,2H2,1H3,(H,14,15). The van der Waals surface area contributed by atoms with Crippen molar-refractivity contribution in [2.75, 3.05) is 5.75 Å². The summed E-state index contributed by atoms with van der Waals surface area (Å²) in [7, 11) is 0. The first-order chi connectivity index (χ1) is 7.72. The lowest BCUT2D eigenvalue weighted by atomic mass is 10.1. The zero-order chi connectivity index (χ0) is 11.5. The van der Waals surface area contributed by atoms with Crippen LogP contribution in [-0.2, 0) is 0 Å². The van der Waals surface area contributed by atoms with E-state index in [4.69, 9.17) is 5.11 Å². The fourth-order valence-electron chi connectivity index (χ4n) is 1.55. The number of carboxylic acids is 1. The molecule has 0 fully saturated rings. The van der Waals surface area contributed by atoms with Crippen LogP contribution in [0, 0.1) is 0 Å². The van der Waals surface area contributed by atoms with E-state index in [1.54, 1.807) is 23.9 Å². The van der Waals surface area contributed by atoms with Crippen molar-refractivity contribution in [2.24, 2.45) is 0 Å². The highest BCUT2D eigenvalue weighted by atomic mass is 32.2. The summed E-state index contributed by atoms with van der Waals surface area (Å²) >= 11 is 1.55. The third-order valence-electron chi connectivity index (χ3n) is 2.22. The van der Waals surface area contributed by atoms with Crippen LogP contribution in [0.3, 0.4) is 0 Å². The number of benzene rings is 1. The largest absolute Gasteiger partial charge is 0.478 e. The number of aromatic nitrogens is 1. The molecule has 0 aliphatic heterocycles. The number of carbonyl (C=O) groups is 1. The van der Waals surface area contributed by atoms with Crippen LogP contribution in [0.2, 0.25) is 0 Å². The van der Waals surface area contributed by atoms with Gasteiger partial charge in [0.15, 0.2) is 0 Å². The van der Waals surface area contributed by atoms with E-state index in [-0.39, 0.29) is 0 Å². The van der Waals surface area contributed by atoms with Crippen LogP contribution in [-0.4, -0.2) is 21.8 Å². The molecule has 2 rings (SSSR count). The molecule has 0 aliphatic rings. The van der Waals surface area contributed by atoms with Gasteiger partial charge < -0.3 is 5.11 Å². The zero-order valence-corrected chi connectivity index (χ0v) is 9.62. The molecule has 0 aliphatic carbocycles. The number of pyridine rings is 1. The van der Waals surface area contributed by atoms with Crippen LogP contribution >= 0.6 is 11.8 Å². The van der Waals surface area contributed by atoms with Gasteiger partial charge in [0.2, 0.25) is 0 Å². The molecule has 82 valence electrons. The first-order valence-corrected chi connectivity index (χ1v) is 5.97. The molecule has 0 radical (unpaired) electrons. The Bertz CT molecular complexity index is 540. The van der Waals surface area contributed by atoms with Gasteiger partial charge in [0, 0.05) is 5.39 Å². The smallest absolute Gasteiger partial charge is 0.336 e. The van der Waals surface area contributed by atoms with Crippen LogP contribution in [0.1, 0.15) is 17.3 Å². The molecule has 4 heteroatoms. The first-order valence-electron chi connectivity index (χ1n) is 4.98. The minimum Gasteiger partial charge on any atom is -0.478 e. The molecule has 3 nitrogen and oxygen atoms in total. The molecule has 1 aromatic carbocycles. The van der Waals surface area contributed by atoms with Crippen LogP contribution in [0.15, 0.2) is 35.4 Å². The average molecular weight is 233 g/mol. The summed E-state index contributed by atoms with van der Waals surface area (Å²) in [5.74, 6) is -0.0266. The monoisotopic (exact) mass is 233 g/mol. The maximum absolute atomic E-state index is 11.1. The van der Waals surface area contributed by atoms with E-state index >= 15 is 0 Å². The minimum atomic E-state index is -0.906. The summed E-state index contributed by atoms with van der Waals surface area (Å²) in [6.07, 6.45) is 0. The number of nitrogens with zero attached hydrogens (tertiary/aromatic N) is 1. The van der Waals surface area contributed by atoms with Crippen molar-refractivity contribution in [1.82, 2.24) is 4.98 Å². The van der Waals surface area contributed by atoms with E-state index in [0.717, 1.165) is 16.3 Å². The van der Waals surface area contributed by atoms with Crippen molar-refractivity contribution in [3.05, 3.63) is 35.9 Å². The minimum absolute atomic E-state index is 0.321. The predicted molar refractivity (Wildman–Crippen MR) is 65.1 cm³/mol. The molecule has 0 unspecified atom stereocenters. The number of hydrogen-bond acceptors (Lipinski definition) is 3. The Hall–Kier alpha value is -1.55. The summed E-state index contributed by atoms with van der Waals surface area (Å²) < 4.78 is 0. The fraction of sp³-hybridized carbons (Fsp3) is 0.167. The number of carboxylic acid groups (broad SMARTS) is 1. The Morgan fingerprint density at radius 2 is 2.19 bits per heavy atom. The fourth-order valence-corrected chi connectivity index (χ4v) is 2.21. The van der Waals surface area contributed by atoms with Gasteiger partial charge in [-0.2, -0.15) is 0 Å². The normalized spacial score (nSPS) is 10.6. The molecule has 0 atom stereocenters. The second-order valence-electron chi connectivity index (χ2n) is 3.26. The molecular weight excluding hydrogens is 222 g/mol. The Balaban J connectivity index is 2.68. The second kappa shape index (κ2) is 4.53. The Labute approximate surface area is 97.5 Å². The molecular formula is C12H11NO2S. The van der Waals surface area contributed by atoms with Gasteiger partial charge in [-0.1, -0.05) is 25.1 Å². The van der Waals surface area contributed by atoms with E-state index < -0.39 is 5.97 Å². The third-order valence-corrected chi connectivity index (χ3v) is 3.01. The Morgan fingerprint density at radius 1 is 1.44 bits per heavy atom. The molecule has 1 N–H and O–H groups in total. The lowest BCUT2D eigenvalue weighted by Crippen LogP contribution is -1.99. The van der Waals surface area contributed by atoms with Crippen molar-refractivity contribution in [3.8, 4) is 0 Å². The third kappa shape index (κ3) is 2.02. The number of hydrogen-bond donors (Lipinski definition) is 1. The van der Waals surface area contributed by atoms with Gasteiger partial charge in [0.25, 0.3) is 0 Å². The molecule has 0 spiro atoms. The second-order valence-corrected chi connectivity index (χ2v) is 4.55. The van der Waals surface area contributed by atoms with Crippen LogP contribution in [0.25, 0.3) is 10.9 Å². The molecule has 0 saturated carbocycles. The van der Waals surface area contributed by atoms with Crippen molar-refractivity contribution in [3.63, 3.8) is 0 Å². The van der Waals surface area contributed by atoms with Gasteiger partial charge in [-0.05, 0) is 17.9 Å². The van der Waals surface area contributed by atoms with Crippen molar-refractivity contribution in [1.29, 1.82) is 0 Å². The molecule has 2 aromatic rings. The first kappa shape index (κ1) is 11.0. The summed E-state index contributed by atoms with van der Waals surface area (Å²) in [6, 6.07) is 8.94. The average Bonchev–Trinajstić information content (AvgIpc) is 2.28. The Morgan fingerprint density at radius 3 is 2.88 bits per heavy atom. The summed E-state index contributed by atoms with van der Waals surface area (Å²) in [6.45, 7) is 2.02. The van der Waals surface area contributed by atoms with Crippen molar-refractivity contribution < 1.29 is 9.90 Å². The van der Waals surface area contributed by atoms with Gasteiger partial charge in [-0.15, -0.1) is 11.8 Å². The van der Waals surface area contributed by atoms with Crippen LogP contribution < -0.4 is 0 Å². The quantitative estimate of drug-likeness (QED) is 0.828. The summed E-state index contributed by atoms with van der Waals surface area (Å²) in [5, 5.41) is 10.6. The maximum Gasteiger partial charge on any atom is 0.336 e. The lowest BCUT2D eigenvalue weighted by Gasteiger charge is -2.05. The van der Waals surface area contributed by atoms with E-state index in [0.29, 0.717) is 10.9 Å². The number of rotatable bonds is 3. The van der Waals surface area contributed by atoms with E-state index in [1.807, 2.05) is 25.1 Å². The van der Waals surface area contributed by atoms with Crippen LogP contribution in [0.4, 0.5) is 0 Å². The van der Waals surface area contributed by atoms with E-state index in [2.05, 4.69) is 4.98 Å². The molecule has 0 saturated heterocycles. The highest BCUT2D eigenvalue weighted by molar-refractivity contribution is 7.99. The van der Waals surface area contributed by atoms with E-state index in [9.17, 15) is 4.79 Å². The van der Waals surface area contributed by atoms with Gasteiger partial charge in [0.1, 0.15) is 0 Å². The SMILES string of the molecule is CCSc1cc(C(=O)O)c2ccccc2n1. The van der Waals surface area contributed by atoms with Gasteiger partial charge in [-0.25, -0.2) is 9.78 Å². The molecule has 0 bridgehead atoms. The lowest BCUT2D eigenvalue weighted by molar-refractivity contribution is 0.0698. The maximum atomic E-state index is 11.1. The topological polar surface area (TPSA) is 50.2 Å². The highest BCUT2D eigenvalue weighted by Gasteiger charge is 2.11. The van der Waals surface area contributed by atoms with Crippen molar-refractivity contribution >= 4 is 28.6 Å². The molecule has 1 heterocycles. The van der Waals surface area contributed by atoms with Gasteiger partial charge in [-0.3, -0.25) is 0 Å².